The first-order chi connectivity index (χ1) is 9.84. The minimum atomic E-state index is -4.67. The number of halogens is 4. The Labute approximate surface area is 131 Å². The van der Waals surface area contributed by atoms with E-state index in [1.807, 2.05) is 0 Å². The van der Waals surface area contributed by atoms with Crippen molar-refractivity contribution in [2.75, 3.05) is 6.54 Å². The second kappa shape index (κ2) is 6.57. The van der Waals surface area contributed by atoms with Gasteiger partial charge in [-0.3, -0.25) is 0 Å². The molecule has 0 atom stereocenters. The predicted octanol–water partition coefficient (Wildman–Crippen LogP) is 5.02. The summed E-state index contributed by atoms with van der Waals surface area (Å²) in [6, 6.07) is 4.65. The van der Waals surface area contributed by atoms with Crippen LogP contribution in [0.5, 0.6) is 5.75 Å². The molecule has 1 aliphatic carbocycles. The summed E-state index contributed by atoms with van der Waals surface area (Å²) < 4.78 is 40.8. The van der Waals surface area contributed by atoms with Gasteiger partial charge in [0.15, 0.2) is 0 Å². The monoisotopic (exact) mass is 365 g/mol. The minimum absolute atomic E-state index is 0.212. The van der Waals surface area contributed by atoms with Gasteiger partial charge in [0.2, 0.25) is 0 Å². The van der Waals surface area contributed by atoms with E-state index in [2.05, 4.69) is 32.9 Å². The molecule has 0 aliphatic heterocycles. The second-order valence-corrected chi connectivity index (χ2v) is 6.52. The molecular formula is C15H19BrF3NO. The zero-order valence-corrected chi connectivity index (χ0v) is 13.5. The molecule has 2 nitrogen and oxygen atoms in total. The fourth-order valence-electron chi connectivity index (χ4n) is 2.56. The van der Waals surface area contributed by atoms with Crippen molar-refractivity contribution in [3.8, 4) is 5.75 Å². The predicted molar refractivity (Wildman–Crippen MR) is 79.1 cm³/mol. The average Bonchev–Trinajstić information content (AvgIpc) is 3.12. The lowest BCUT2D eigenvalue weighted by atomic mass is 10.0. The Hall–Kier alpha value is -0.750. The number of benzene rings is 1. The molecule has 0 unspecified atom stereocenters. The first kappa shape index (κ1) is 16.6. The zero-order chi connectivity index (χ0) is 15.5. The van der Waals surface area contributed by atoms with E-state index in [1.54, 1.807) is 12.1 Å². The summed E-state index contributed by atoms with van der Waals surface area (Å²) in [5.74, 6) is -0.212. The maximum atomic E-state index is 12.2. The van der Waals surface area contributed by atoms with Crippen LogP contribution in [0.3, 0.4) is 0 Å². The molecule has 0 aromatic heterocycles. The van der Waals surface area contributed by atoms with Crippen molar-refractivity contribution in [2.45, 2.75) is 45.5 Å². The molecule has 1 aromatic carbocycles. The van der Waals surface area contributed by atoms with Crippen molar-refractivity contribution in [2.24, 2.45) is 5.41 Å². The van der Waals surface area contributed by atoms with Crippen LogP contribution in [0.2, 0.25) is 0 Å². The molecule has 1 aliphatic rings. The maximum Gasteiger partial charge on any atom is 0.573 e. The summed E-state index contributed by atoms with van der Waals surface area (Å²) >= 11 is 3.12. The van der Waals surface area contributed by atoms with Gasteiger partial charge in [0, 0.05) is 13.1 Å². The molecule has 1 aromatic rings. The van der Waals surface area contributed by atoms with Crippen LogP contribution in [0.25, 0.3) is 0 Å². The topological polar surface area (TPSA) is 21.3 Å². The van der Waals surface area contributed by atoms with Gasteiger partial charge in [-0.25, -0.2) is 0 Å². The number of ether oxygens (including phenoxy) is 1. The Kier molecular flexibility index (Phi) is 5.20. The SMILES string of the molecule is CCCC1(CNCc2ccc(OC(F)(F)F)c(Br)c2)CC1. The fraction of sp³-hybridized carbons (Fsp3) is 0.600. The van der Waals surface area contributed by atoms with E-state index in [0.29, 0.717) is 16.4 Å². The molecule has 2 rings (SSSR count). The van der Waals surface area contributed by atoms with Crippen molar-refractivity contribution in [1.29, 1.82) is 0 Å². The lowest BCUT2D eigenvalue weighted by Gasteiger charge is -2.15. The molecule has 118 valence electrons. The fourth-order valence-corrected chi connectivity index (χ4v) is 3.06. The summed E-state index contributed by atoms with van der Waals surface area (Å²) in [6.07, 6.45) is 0.311. The molecule has 0 bridgehead atoms. The van der Waals surface area contributed by atoms with Crippen molar-refractivity contribution in [3.05, 3.63) is 28.2 Å². The molecule has 0 saturated heterocycles. The van der Waals surface area contributed by atoms with E-state index >= 15 is 0 Å². The van der Waals surface area contributed by atoms with Crippen LogP contribution >= 0.6 is 15.9 Å². The van der Waals surface area contributed by atoms with Gasteiger partial charge in [-0.2, -0.15) is 0 Å². The standard InChI is InChI=1S/C15H19BrF3NO/c1-2-5-14(6-7-14)10-20-9-11-3-4-13(12(16)8-11)21-15(17,18)19/h3-4,8,20H,2,5-7,9-10H2,1H3. The van der Waals surface area contributed by atoms with Crippen molar-refractivity contribution in [3.63, 3.8) is 0 Å². The number of hydrogen-bond acceptors (Lipinski definition) is 2. The Morgan fingerprint density at radius 1 is 1.33 bits per heavy atom. The molecule has 0 heterocycles. The molecular weight excluding hydrogens is 347 g/mol. The third-order valence-corrected chi connectivity index (χ3v) is 4.41. The van der Waals surface area contributed by atoms with Gasteiger partial charge in [-0.05, 0) is 58.3 Å². The highest BCUT2D eigenvalue weighted by Crippen LogP contribution is 2.48. The van der Waals surface area contributed by atoms with Crippen molar-refractivity contribution in [1.82, 2.24) is 5.32 Å². The second-order valence-electron chi connectivity index (χ2n) is 5.67. The van der Waals surface area contributed by atoms with Crippen LogP contribution in [0, 0.1) is 5.41 Å². The third-order valence-electron chi connectivity index (χ3n) is 3.79. The molecule has 21 heavy (non-hydrogen) atoms. The zero-order valence-electron chi connectivity index (χ0n) is 11.9. The molecule has 0 spiro atoms. The molecule has 1 fully saturated rings. The lowest BCUT2D eigenvalue weighted by Crippen LogP contribution is -2.23. The van der Waals surface area contributed by atoms with Crippen LogP contribution in [-0.4, -0.2) is 12.9 Å². The number of hydrogen-bond donors (Lipinski definition) is 1. The van der Waals surface area contributed by atoms with Crippen LogP contribution < -0.4 is 10.1 Å². The van der Waals surface area contributed by atoms with Gasteiger partial charge in [-0.1, -0.05) is 19.4 Å². The van der Waals surface area contributed by atoms with E-state index in [9.17, 15) is 13.2 Å². The molecule has 1 N–H and O–H groups in total. The molecule has 1 saturated carbocycles. The number of nitrogens with one attached hydrogen (secondary N) is 1. The van der Waals surface area contributed by atoms with Gasteiger partial charge in [0.25, 0.3) is 0 Å². The Bertz CT molecular complexity index is 486. The van der Waals surface area contributed by atoms with E-state index < -0.39 is 6.36 Å². The highest BCUT2D eigenvalue weighted by molar-refractivity contribution is 9.10. The van der Waals surface area contributed by atoms with Gasteiger partial charge < -0.3 is 10.1 Å². The van der Waals surface area contributed by atoms with Crippen LogP contribution in [0.4, 0.5) is 13.2 Å². The number of alkyl halides is 3. The quantitative estimate of drug-likeness (QED) is 0.732. The van der Waals surface area contributed by atoms with Crippen molar-refractivity contribution < 1.29 is 17.9 Å². The Morgan fingerprint density at radius 3 is 2.57 bits per heavy atom. The van der Waals surface area contributed by atoms with E-state index in [-0.39, 0.29) is 5.75 Å². The highest BCUT2D eigenvalue weighted by Gasteiger charge is 2.40. The largest absolute Gasteiger partial charge is 0.573 e. The summed E-state index contributed by atoms with van der Waals surface area (Å²) in [6.45, 7) is 3.81. The Morgan fingerprint density at radius 2 is 2.05 bits per heavy atom. The normalized spacial score (nSPS) is 16.8. The van der Waals surface area contributed by atoms with Crippen molar-refractivity contribution >= 4 is 15.9 Å². The van der Waals surface area contributed by atoms with Gasteiger partial charge in [0.1, 0.15) is 5.75 Å². The van der Waals surface area contributed by atoms with Crippen LogP contribution in [0.1, 0.15) is 38.2 Å². The number of rotatable bonds is 7. The van der Waals surface area contributed by atoms with Gasteiger partial charge >= 0.3 is 6.36 Å². The maximum absolute atomic E-state index is 12.2. The summed E-state index contributed by atoms with van der Waals surface area (Å²) in [5.41, 5.74) is 1.40. The smallest absolute Gasteiger partial charge is 0.405 e. The first-order valence-corrected chi connectivity index (χ1v) is 7.88. The van der Waals surface area contributed by atoms with Crippen LogP contribution in [-0.2, 0) is 6.54 Å². The first-order valence-electron chi connectivity index (χ1n) is 7.08. The van der Waals surface area contributed by atoms with Gasteiger partial charge in [-0.15, -0.1) is 13.2 Å². The summed E-state index contributed by atoms with van der Waals surface area (Å²) in [4.78, 5) is 0. The van der Waals surface area contributed by atoms with E-state index in [0.717, 1.165) is 12.1 Å². The minimum Gasteiger partial charge on any atom is -0.405 e. The summed E-state index contributed by atoms with van der Waals surface area (Å²) in [7, 11) is 0. The highest BCUT2D eigenvalue weighted by atomic mass is 79.9. The Balaban J connectivity index is 1.86. The average molecular weight is 366 g/mol. The summed E-state index contributed by atoms with van der Waals surface area (Å²) in [5, 5.41) is 3.40. The van der Waals surface area contributed by atoms with Crippen LogP contribution in [0.15, 0.2) is 22.7 Å². The van der Waals surface area contributed by atoms with E-state index in [4.69, 9.17) is 0 Å². The molecule has 6 heteroatoms. The molecule has 0 radical (unpaired) electrons. The lowest BCUT2D eigenvalue weighted by molar-refractivity contribution is -0.274. The van der Waals surface area contributed by atoms with E-state index in [1.165, 1.54) is 31.7 Å². The third kappa shape index (κ3) is 5.18. The van der Waals surface area contributed by atoms with Gasteiger partial charge in [0.05, 0.1) is 4.47 Å². The molecule has 0 amide bonds.